The van der Waals surface area contributed by atoms with Gasteiger partial charge in [-0.2, -0.15) is 0 Å². The highest BCUT2D eigenvalue weighted by molar-refractivity contribution is 5.93. The van der Waals surface area contributed by atoms with Crippen LogP contribution in [0.2, 0.25) is 0 Å². The van der Waals surface area contributed by atoms with Crippen LogP contribution in [-0.4, -0.2) is 50.9 Å². The Morgan fingerprint density at radius 1 is 1.31 bits per heavy atom. The minimum Gasteiger partial charge on any atom is -0.388 e. The van der Waals surface area contributed by atoms with E-state index in [0.29, 0.717) is 5.69 Å². The van der Waals surface area contributed by atoms with Crippen molar-refractivity contribution in [2.45, 2.75) is 19.1 Å². The van der Waals surface area contributed by atoms with Crippen molar-refractivity contribution in [1.29, 1.82) is 0 Å². The fourth-order valence-electron chi connectivity index (χ4n) is 1.93. The maximum Gasteiger partial charge on any atom is 0.270 e. The third kappa shape index (κ3) is 1.72. The van der Waals surface area contributed by atoms with E-state index in [4.69, 9.17) is 0 Å². The van der Waals surface area contributed by atoms with E-state index in [-0.39, 0.29) is 19.0 Å². The fraction of sp³-hybridized carbons (Fsp3) is 0.545. The first kappa shape index (κ1) is 11.2. The molecule has 1 amide bonds. The molecule has 2 rings (SSSR count). The lowest BCUT2D eigenvalue weighted by atomic mass is 10.3. The summed E-state index contributed by atoms with van der Waals surface area (Å²) in [6.45, 7) is 2.32. The van der Waals surface area contributed by atoms with Crippen LogP contribution in [0.4, 0.5) is 0 Å². The van der Waals surface area contributed by atoms with Gasteiger partial charge in [0.05, 0.1) is 12.2 Å². The van der Waals surface area contributed by atoms with Crippen LogP contribution in [0.5, 0.6) is 0 Å². The standard InChI is InChI=1S/C11H16N2O3/c1-7-3-4-8(12(7)2)11(16)13-5-9(14)10(15)6-13/h3-4,9-10,14-15H,5-6H2,1-2H3/t9-,10+. The molecule has 88 valence electrons. The molecule has 0 unspecified atom stereocenters. The van der Waals surface area contributed by atoms with Crippen molar-refractivity contribution >= 4 is 5.91 Å². The number of aliphatic hydroxyl groups is 2. The van der Waals surface area contributed by atoms with Crippen molar-refractivity contribution in [2.24, 2.45) is 7.05 Å². The van der Waals surface area contributed by atoms with Gasteiger partial charge in [0.25, 0.3) is 5.91 Å². The molecule has 0 aromatic carbocycles. The summed E-state index contributed by atoms with van der Waals surface area (Å²) in [5.41, 5.74) is 1.59. The second kappa shape index (κ2) is 3.92. The third-order valence-electron chi connectivity index (χ3n) is 3.14. The lowest BCUT2D eigenvalue weighted by Gasteiger charge is -2.15. The van der Waals surface area contributed by atoms with E-state index in [2.05, 4.69) is 0 Å². The molecule has 1 aromatic rings. The molecule has 0 spiro atoms. The zero-order valence-electron chi connectivity index (χ0n) is 9.42. The smallest absolute Gasteiger partial charge is 0.270 e. The van der Waals surface area contributed by atoms with Crippen LogP contribution in [0.15, 0.2) is 12.1 Å². The Bertz CT molecular complexity index is 403. The largest absolute Gasteiger partial charge is 0.388 e. The minimum atomic E-state index is -0.828. The number of aryl methyl sites for hydroxylation is 1. The normalized spacial score (nSPS) is 25.1. The molecule has 16 heavy (non-hydrogen) atoms. The van der Waals surface area contributed by atoms with Gasteiger partial charge in [-0.3, -0.25) is 4.79 Å². The van der Waals surface area contributed by atoms with Gasteiger partial charge in [0.2, 0.25) is 0 Å². The number of likely N-dealkylation sites (tertiary alicyclic amines) is 1. The Labute approximate surface area is 93.9 Å². The second-order valence-electron chi connectivity index (χ2n) is 4.26. The maximum absolute atomic E-state index is 12.1. The van der Waals surface area contributed by atoms with E-state index < -0.39 is 12.2 Å². The quantitative estimate of drug-likeness (QED) is 0.676. The highest BCUT2D eigenvalue weighted by Gasteiger charge is 2.33. The molecule has 0 aliphatic carbocycles. The first-order chi connectivity index (χ1) is 7.50. The van der Waals surface area contributed by atoms with Gasteiger partial charge in [0, 0.05) is 25.8 Å². The molecule has 2 atom stereocenters. The Balaban J connectivity index is 2.18. The molecular formula is C11H16N2O3. The number of aromatic nitrogens is 1. The Morgan fingerprint density at radius 2 is 1.88 bits per heavy atom. The van der Waals surface area contributed by atoms with Crippen molar-refractivity contribution in [2.75, 3.05) is 13.1 Å². The van der Waals surface area contributed by atoms with Crippen LogP contribution >= 0.6 is 0 Å². The number of amides is 1. The van der Waals surface area contributed by atoms with Gasteiger partial charge in [-0.15, -0.1) is 0 Å². The predicted octanol–water partition coefficient (Wildman–Crippen LogP) is -0.489. The first-order valence-corrected chi connectivity index (χ1v) is 5.28. The van der Waals surface area contributed by atoms with Gasteiger partial charge in [0.15, 0.2) is 0 Å². The monoisotopic (exact) mass is 224 g/mol. The van der Waals surface area contributed by atoms with Crippen LogP contribution in [0.25, 0.3) is 0 Å². The van der Waals surface area contributed by atoms with Crippen LogP contribution in [0.1, 0.15) is 16.2 Å². The van der Waals surface area contributed by atoms with Crippen LogP contribution in [-0.2, 0) is 7.05 Å². The van der Waals surface area contributed by atoms with Crippen molar-refractivity contribution in [3.8, 4) is 0 Å². The number of carbonyl (C=O) groups excluding carboxylic acids is 1. The van der Waals surface area contributed by atoms with E-state index in [1.807, 2.05) is 20.0 Å². The molecule has 2 N–H and O–H groups in total. The molecule has 1 aliphatic rings. The number of nitrogens with zero attached hydrogens (tertiary/aromatic N) is 2. The summed E-state index contributed by atoms with van der Waals surface area (Å²) < 4.78 is 1.80. The second-order valence-corrected chi connectivity index (χ2v) is 4.26. The summed E-state index contributed by atoms with van der Waals surface area (Å²) in [4.78, 5) is 13.5. The zero-order valence-corrected chi connectivity index (χ0v) is 9.42. The van der Waals surface area contributed by atoms with E-state index in [9.17, 15) is 15.0 Å². The number of aliphatic hydroxyl groups excluding tert-OH is 2. The maximum atomic E-state index is 12.1. The molecule has 1 aliphatic heterocycles. The topological polar surface area (TPSA) is 65.7 Å². The number of rotatable bonds is 1. The minimum absolute atomic E-state index is 0.147. The van der Waals surface area contributed by atoms with E-state index in [0.717, 1.165) is 5.69 Å². The Kier molecular flexibility index (Phi) is 2.73. The summed E-state index contributed by atoms with van der Waals surface area (Å²) in [6.07, 6.45) is -1.66. The SMILES string of the molecule is Cc1ccc(C(=O)N2C[C@@H](O)[C@@H](O)C2)n1C. The fourth-order valence-corrected chi connectivity index (χ4v) is 1.93. The van der Waals surface area contributed by atoms with Gasteiger partial charge in [-0.05, 0) is 19.1 Å². The van der Waals surface area contributed by atoms with Crippen LogP contribution in [0, 0.1) is 6.92 Å². The van der Waals surface area contributed by atoms with Crippen molar-refractivity contribution in [3.63, 3.8) is 0 Å². The number of β-amino-alcohol motifs (C(OH)–C–C–N with tert-alkyl or cyclic N) is 2. The lowest BCUT2D eigenvalue weighted by Crippen LogP contribution is -2.31. The van der Waals surface area contributed by atoms with Crippen molar-refractivity contribution in [1.82, 2.24) is 9.47 Å². The summed E-state index contributed by atoms with van der Waals surface area (Å²) in [5.74, 6) is -0.147. The summed E-state index contributed by atoms with van der Waals surface area (Å²) >= 11 is 0. The molecular weight excluding hydrogens is 208 g/mol. The molecule has 0 bridgehead atoms. The molecule has 5 heteroatoms. The van der Waals surface area contributed by atoms with Gasteiger partial charge in [-0.1, -0.05) is 0 Å². The van der Waals surface area contributed by atoms with Crippen molar-refractivity contribution in [3.05, 3.63) is 23.5 Å². The highest BCUT2D eigenvalue weighted by Crippen LogP contribution is 2.15. The predicted molar refractivity (Wildman–Crippen MR) is 58.1 cm³/mol. The summed E-state index contributed by atoms with van der Waals surface area (Å²) in [6, 6.07) is 3.63. The van der Waals surface area contributed by atoms with Gasteiger partial charge < -0.3 is 19.7 Å². The Morgan fingerprint density at radius 3 is 2.31 bits per heavy atom. The molecule has 0 radical (unpaired) electrons. The van der Waals surface area contributed by atoms with Crippen molar-refractivity contribution < 1.29 is 15.0 Å². The van der Waals surface area contributed by atoms with Gasteiger partial charge in [-0.25, -0.2) is 0 Å². The Hall–Kier alpha value is -1.33. The van der Waals surface area contributed by atoms with Gasteiger partial charge >= 0.3 is 0 Å². The van der Waals surface area contributed by atoms with E-state index in [1.54, 1.807) is 10.6 Å². The number of carbonyl (C=O) groups is 1. The molecule has 1 fully saturated rings. The summed E-state index contributed by atoms with van der Waals surface area (Å²) in [5, 5.41) is 18.8. The average molecular weight is 224 g/mol. The van der Waals surface area contributed by atoms with E-state index >= 15 is 0 Å². The first-order valence-electron chi connectivity index (χ1n) is 5.28. The van der Waals surface area contributed by atoms with Crippen LogP contribution in [0.3, 0.4) is 0 Å². The highest BCUT2D eigenvalue weighted by atomic mass is 16.3. The molecule has 1 saturated heterocycles. The zero-order chi connectivity index (χ0) is 11.9. The third-order valence-corrected chi connectivity index (χ3v) is 3.14. The average Bonchev–Trinajstić information content (AvgIpc) is 2.73. The van der Waals surface area contributed by atoms with Gasteiger partial charge in [0.1, 0.15) is 5.69 Å². The lowest BCUT2D eigenvalue weighted by molar-refractivity contribution is 0.0572. The molecule has 2 heterocycles. The molecule has 5 nitrogen and oxygen atoms in total. The summed E-state index contributed by atoms with van der Waals surface area (Å²) in [7, 11) is 1.82. The molecule has 1 aromatic heterocycles. The number of hydrogen-bond donors (Lipinski definition) is 2. The molecule has 0 saturated carbocycles. The number of hydrogen-bond acceptors (Lipinski definition) is 3. The van der Waals surface area contributed by atoms with Crippen LogP contribution < -0.4 is 0 Å². The van der Waals surface area contributed by atoms with E-state index in [1.165, 1.54) is 4.90 Å².